The maximum Gasteiger partial charge on any atom is 0.137 e. The number of hydrogen-bond acceptors (Lipinski definition) is 3. The molecule has 1 N–H and O–H groups in total. The molecule has 1 fully saturated rings. The van der Waals surface area contributed by atoms with E-state index in [-0.39, 0.29) is 0 Å². The molecule has 3 atom stereocenters. The van der Waals surface area contributed by atoms with E-state index in [9.17, 15) is 0 Å². The van der Waals surface area contributed by atoms with Crippen LogP contribution in [0.15, 0.2) is 18.5 Å². The van der Waals surface area contributed by atoms with Gasteiger partial charge in [-0.05, 0) is 49.3 Å². The molecule has 0 aliphatic heterocycles. The number of aromatic nitrogens is 1. The maximum absolute atomic E-state index is 5.69. The van der Waals surface area contributed by atoms with Gasteiger partial charge in [-0.2, -0.15) is 0 Å². The number of nitrogens with one attached hydrogen (secondary N) is 1. The molecule has 19 heavy (non-hydrogen) atoms. The lowest BCUT2D eigenvalue weighted by Crippen LogP contribution is -2.24. The van der Waals surface area contributed by atoms with Crippen molar-refractivity contribution in [3.8, 4) is 5.75 Å². The lowest BCUT2D eigenvalue weighted by atomic mass is 10.0. The highest BCUT2D eigenvalue weighted by Crippen LogP contribution is 2.47. The van der Waals surface area contributed by atoms with Crippen molar-refractivity contribution in [2.24, 2.45) is 11.8 Å². The van der Waals surface area contributed by atoms with Gasteiger partial charge in [0.05, 0.1) is 12.8 Å². The monoisotopic (exact) mass is 262 g/mol. The maximum atomic E-state index is 5.69. The van der Waals surface area contributed by atoms with Crippen LogP contribution in [-0.4, -0.2) is 18.1 Å². The van der Waals surface area contributed by atoms with E-state index in [2.05, 4.69) is 37.1 Å². The first kappa shape index (κ1) is 14.3. The minimum Gasteiger partial charge on any atom is -0.492 e. The van der Waals surface area contributed by atoms with Gasteiger partial charge in [0.1, 0.15) is 5.75 Å². The Balaban J connectivity index is 2.07. The third kappa shape index (κ3) is 3.93. The smallest absolute Gasteiger partial charge is 0.137 e. The molecule has 0 aromatic carbocycles. The minimum absolute atomic E-state index is 0.438. The van der Waals surface area contributed by atoms with E-state index in [1.54, 1.807) is 0 Å². The fraction of sp³-hybridized carbons (Fsp3) is 0.688. The van der Waals surface area contributed by atoms with Gasteiger partial charge >= 0.3 is 0 Å². The first-order valence-corrected chi connectivity index (χ1v) is 7.57. The predicted molar refractivity (Wildman–Crippen MR) is 78.3 cm³/mol. The SMILES string of the molecule is CCCNC(c1cncc(OCCC)c1)C1CC1C. The first-order valence-electron chi connectivity index (χ1n) is 7.57. The number of rotatable bonds is 8. The van der Waals surface area contributed by atoms with Crippen LogP contribution in [0.1, 0.15) is 51.6 Å². The van der Waals surface area contributed by atoms with Crippen LogP contribution in [-0.2, 0) is 0 Å². The molecule has 1 saturated carbocycles. The second-order valence-corrected chi connectivity index (χ2v) is 5.61. The molecule has 3 nitrogen and oxygen atoms in total. The van der Waals surface area contributed by atoms with Crippen LogP contribution in [0.4, 0.5) is 0 Å². The standard InChI is InChI=1S/C16H26N2O/c1-4-6-18-16(15-8-12(15)3)13-9-14(11-17-10-13)19-7-5-2/h9-12,15-16,18H,4-8H2,1-3H3. The molecule has 0 amide bonds. The van der Waals surface area contributed by atoms with E-state index in [4.69, 9.17) is 4.74 Å². The molecule has 0 saturated heterocycles. The number of hydrogen-bond donors (Lipinski definition) is 1. The Kier molecular flexibility index (Phi) is 5.20. The highest BCUT2D eigenvalue weighted by molar-refractivity contribution is 5.27. The summed E-state index contributed by atoms with van der Waals surface area (Å²) in [7, 11) is 0. The molecule has 1 aromatic rings. The first-order chi connectivity index (χ1) is 9.26. The highest BCUT2D eigenvalue weighted by atomic mass is 16.5. The third-order valence-electron chi connectivity index (χ3n) is 3.78. The van der Waals surface area contributed by atoms with Crippen LogP contribution in [0.5, 0.6) is 5.75 Å². The van der Waals surface area contributed by atoms with E-state index >= 15 is 0 Å². The van der Waals surface area contributed by atoms with E-state index in [1.807, 2.05) is 12.4 Å². The molecule has 3 unspecified atom stereocenters. The summed E-state index contributed by atoms with van der Waals surface area (Å²) in [5.74, 6) is 2.49. The van der Waals surface area contributed by atoms with Crippen LogP contribution >= 0.6 is 0 Å². The van der Waals surface area contributed by atoms with Crippen LogP contribution in [0.25, 0.3) is 0 Å². The second kappa shape index (κ2) is 6.90. The molecular formula is C16H26N2O. The van der Waals surface area contributed by atoms with Crippen molar-refractivity contribution in [1.82, 2.24) is 10.3 Å². The summed E-state index contributed by atoms with van der Waals surface area (Å²) in [5.41, 5.74) is 1.27. The fourth-order valence-electron chi connectivity index (χ4n) is 2.54. The van der Waals surface area contributed by atoms with Gasteiger partial charge < -0.3 is 10.1 Å². The van der Waals surface area contributed by atoms with Crippen molar-refractivity contribution in [1.29, 1.82) is 0 Å². The van der Waals surface area contributed by atoms with E-state index in [1.165, 1.54) is 12.0 Å². The molecule has 1 aliphatic rings. The molecule has 106 valence electrons. The summed E-state index contributed by atoms with van der Waals surface area (Å²) in [4.78, 5) is 4.34. The Morgan fingerprint density at radius 2 is 2.16 bits per heavy atom. The van der Waals surface area contributed by atoms with Crippen LogP contribution in [0.3, 0.4) is 0 Å². The summed E-state index contributed by atoms with van der Waals surface area (Å²) in [6.07, 6.45) is 7.31. The Morgan fingerprint density at radius 1 is 1.37 bits per heavy atom. The lowest BCUT2D eigenvalue weighted by molar-refractivity contribution is 0.315. The van der Waals surface area contributed by atoms with Crippen molar-refractivity contribution in [3.05, 3.63) is 24.0 Å². The average molecular weight is 262 g/mol. The Bertz CT molecular complexity index is 394. The molecule has 2 rings (SSSR count). The third-order valence-corrected chi connectivity index (χ3v) is 3.78. The van der Waals surface area contributed by atoms with Crippen molar-refractivity contribution in [3.63, 3.8) is 0 Å². The quantitative estimate of drug-likeness (QED) is 0.777. The zero-order chi connectivity index (χ0) is 13.7. The summed E-state index contributed by atoms with van der Waals surface area (Å²) < 4.78 is 5.69. The molecule has 3 heteroatoms. The largest absolute Gasteiger partial charge is 0.492 e. The Hall–Kier alpha value is -1.09. The van der Waals surface area contributed by atoms with Crippen molar-refractivity contribution in [2.75, 3.05) is 13.2 Å². The Labute approximate surface area is 116 Å². The fourth-order valence-corrected chi connectivity index (χ4v) is 2.54. The predicted octanol–water partition coefficient (Wildman–Crippen LogP) is 3.57. The molecule has 0 radical (unpaired) electrons. The van der Waals surface area contributed by atoms with Gasteiger partial charge in [0.15, 0.2) is 0 Å². The molecule has 0 spiro atoms. The summed E-state index contributed by atoms with van der Waals surface area (Å²) in [5, 5.41) is 3.67. The van der Waals surface area contributed by atoms with Crippen molar-refractivity contribution in [2.45, 2.75) is 46.1 Å². The van der Waals surface area contributed by atoms with Gasteiger partial charge in [-0.1, -0.05) is 20.8 Å². The topological polar surface area (TPSA) is 34.2 Å². The molecule has 1 heterocycles. The van der Waals surface area contributed by atoms with Gasteiger partial charge in [0.2, 0.25) is 0 Å². The normalized spacial score (nSPS) is 23.1. The van der Waals surface area contributed by atoms with Gasteiger partial charge in [0.25, 0.3) is 0 Å². The van der Waals surface area contributed by atoms with Gasteiger partial charge in [-0.25, -0.2) is 0 Å². The molecule has 1 aromatic heterocycles. The average Bonchev–Trinajstić information content (AvgIpc) is 3.14. The number of ether oxygens (including phenoxy) is 1. The summed E-state index contributed by atoms with van der Waals surface area (Å²) in [6, 6.07) is 2.59. The lowest BCUT2D eigenvalue weighted by Gasteiger charge is -2.19. The Morgan fingerprint density at radius 3 is 2.79 bits per heavy atom. The second-order valence-electron chi connectivity index (χ2n) is 5.61. The van der Waals surface area contributed by atoms with Gasteiger partial charge in [-0.15, -0.1) is 0 Å². The minimum atomic E-state index is 0.438. The van der Waals surface area contributed by atoms with E-state index < -0.39 is 0 Å². The van der Waals surface area contributed by atoms with Crippen LogP contribution in [0.2, 0.25) is 0 Å². The summed E-state index contributed by atoms with van der Waals surface area (Å²) in [6.45, 7) is 8.48. The number of pyridine rings is 1. The number of nitrogens with zero attached hydrogens (tertiary/aromatic N) is 1. The highest BCUT2D eigenvalue weighted by Gasteiger charge is 2.40. The zero-order valence-corrected chi connectivity index (χ0v) is 12.4. The van der Waals surface area contributed by atoms with Crippen LogP contribution < -0.4 is 10.1 Å². The zero-order valence-electron chi connectivity index (χ0n) is 12.4. The van der Waals surface area contributed by atoms with Crippen molar-refractivity contribution >= 4 is 0 Å². The van der Waals surface area contributed by atoms with Gasteiger partial charge in [-0.3, -0.25) is 4.98 Å². The van der Waals surface area contributed by atoms with E-state index in [0.29, 0.717) is 6.04 Å². The molecule has 0 bridgehead atoms. The van der Waals surface area contributed by atoms with Crippen molar-refractivity contribution < 1.29 is 4.74 Å². The van der Waals surface area contributed by atoms with E-state index in [0.717, 1.165) is 43.6 Å². The van der Waals surface area contributed by atoms with Crippen LogP contribution in [0, 0.1) is 11.8 Å². The van der Waals surface area contributed by atoms with Gasteiger partial charge in [0, 0.05) is 12.2 Å². The molecule has 1 aliphatic carbocycles. The molecular weight excluding hydrogens is 236 g/mol. The summed E-state index contributed by atoms with van der Waals surface area (Å²) >= 11 is 0.